The SMILES string of the molecule is CCOC(=O)c1noc2nc(C)n([C@H](C)C(=O)Nc3cccc(OC)c3)c(=O)c12. The second-order valence-electron chi connectivity index (χ2n) is 6.16. The molecule has 1 atom stereocenters. The van der Waals surface area contributed by atoms with Crippen molar-refractivity contribution in [3.05, 3.63) is 46.1 Å². The van der Waals surface area contributed by atoms with E-state index in [0.717, 1.165) is 0 Å². The Morgan fingerprint density at radius 1 is 1.34 bits per heavy atom. The predicted octanol–water partition coefficient (Wildman–Crippen LogP) is 2.08. The van der Waals surface area contributed by atoms with E-state index >= 15 is 0 Å². The molecule has 0 aliphatic rings. The molecule has 2 heterocycles. The van der Waals surface area contributed by atoms with Gasteiger partial charge in [-0.15, -0.1) is 0 Å². The molecule has 0 aliphatic heterocycles. The number of aromatic nitrogens is 3. The molecule has 0 spiro atoms. The van der Waals surface area contributed by atoms with E-state index in [9.17, 15) is 14.4 Å². The zero-order valence-corrected chi connectivity index (χ0v) is 16.4. The normalized spacial score (nSPS) is 11.9. The number of fused-ring (bicyclic) bond motifs is 1. The summed E-state index contributed by atoms with van der Waals surface area (Å²) in [6.45, 7) is 4.85. The van der Waals surface area contributed by atoms with Gasteiger partial charge in [-0.05, 0) is 32.9 Å². The number of rotatable bonds is 6. The van der Waals surface area contributed by atoms with Crippen molar-refractivity contribution in [3.8, 4) is 5.75 Å². The number of anilines is 1. The topological polar surface area (TPSA) is 126 Å². The zero-order valence-electron chi connectivity index (χ0n) is 16.4. The maximum Gasteiger partial charge on any atom is 0.361 e. The fourth-order valence-corrected chi connectivity index (χ4v) is 2.88. The fourth-order valence-electron chi connectivity index (χ4n) is 2.88. The van der Waals surface area contributed by atoms with Gasteiger partial charge >= 0.3 is 5.97 Å². The molecule has 1 amide bonds. The van der Waals surface area contributed by atoms with Crippen molar-refractivity contribution in [3.63, 3.8) is 0 Å². The van der Waals surface area contributed by atoms with Gasteiger partial charge in [0, 0.05) is 11.8 Å². The summed E-state index contributed by atoms with van der Waals surface area (Å²) in [4.78, 5) is 42.0. The van der Waals surface area contributed by atoms with Gasteiger partial charge in [0.1, 0.15) is 23.0 Å². The first-order chi connectivity index (χ1) is 13.9. The fraction of sp³-hybridized carbons (Fsp3) is 0.316. The number of nitrogens with one attached hydrogen (secondary N) is 1. The number of nitrogens with zero attached hydrogens (tertiary/aromatic N) is 3. The van der Waals surface area contributed by atoms with Crippen LogP contribution in [-0.2, 0) is 9.53 Å². The summed E-state index contributed by atoms with van der Waals surface area (Å²) in [7, 11) is 1.52. The number of amides is 1. The molecular formula is C19H20N4O6. The van der Waals surface area contributed by atoms with E-state index in [2.05, 4.69) is 15.5 Å². The summed E-state index contributed by atoms with van der Waals surface area (Å²) in [5.41, 5.74) is -0.469. The monoisotopic (exact) mass is 400 g/mol. The van der Waals surface area contributed by atoms with Crippen molar-refractivity contribution in [2.24, 2.45) is 0 Å². The highest BCUT2D eigenvalue weighted by molar-refractivity contribution is 6.00. The van der Waals surface area contributed by atoms with Crippen molar-refractivity contribution in [1.82, 2.24) is 14.7 Å². The van der Waals surface area contributed by atoms with Crippen LogP contribution < -0.4 is 15.6 Å². The third kappa shape index (κ3) is 3.82. The minimum atomic E-state index is -0.921. The smallest absolute Gasteiger partial charge is 0.361 e. The Balaban J connectivity index is 1.99. The van der Waals surface area contributed by atoms with Gasteiger partial charge in [-0.25, -0.2) is 4.79 Å². The highest BCUT2D eigenvalue weighted by Crippen LogP contribution is 2.20. The molecule has 0 fully saturated rings. The van der Waals surface area contributed by atoms with Crippen molar-refractivity contribution < 1.29 is 23.6 Å². The third-order valence-electron chi connectivity index (χ3n) is 4.29. The highest BCUT2D eigenvalue weighted by atomic mass is 16.5. The van der Waals surface area contributed by atoms with Crippen molar-refractivity contribution in [2.45, 2.75) is 26.8 Å². The Hall–Kier alpha value is -3.69. The summed E-state index contributed by atoms with van der Waals surface area (Å²) in [6.07, 6.45) is 0. The molecule has 29 heavy (non-hydrogen) atoms. The lowest BCUT2D eigenvalue weighted by Gasteiger charge is -2.17. The van der Waals surface area contributed by atoms with Crippen LogP contribution in [0.5, 0.6) is 5.75 Å². The quantitative estimate of drug-likeness (QED) is 0.623. The molecule has 0 saturated carbocycles. The number of methoxy groups -OCH3 is 1. The molecule has 1 aromatic carbocycles. The number of ether oxygens (including phenoxy) is 2. The first-order valence-corrected chi connectivity index (χ1v) is 8.87. The lowest BCUT2D eigenvalue weighted by molar-refractivity contribution is -0.118. The molecule has 2 aromatic heterocycles. The molecule has 10 nitrogen and oxygen atoms in total. The Morgan fingerprint density at radius 3 is 2.79 bits per heavy atom. The van der Waals surface area contributed by atoms with Crippen LogP contribution in [-0.4, -0.2) is 40.3 Å². The zero-order chi connectivity index (χ0) is 21.1. The first kappa shape index (κ1) is 20.1. The molecule has 0 unspecified atom stereocenters. The van der Waals surface area contributed by atoms with Gasteiger partial charge in [0.15, 0.2) is 0 Å². The Bertz CT molecular complexity index is 1130. The summed E-state index contributed by atoms with van der Waals surface area (Å²) in [5.74, 6) is -0.425. The van der Waals surface area contributed by atoms with Crippen LogP contribution in [0.3, 0.4) is 0 Å². The van der Waals surface area contributed by atoms with Crippen LogP contribution in [0.25, 0.3) is 11.1 Å². The van der Waals surface area contributed by atoms with E-state index in [1.54, 1.807) is 45.0 Å². The summed E-state index contributed by atoms with van der Waals surface area (Å²) >= 11 is 0. The van der Waals surface area contributed by atoms with Crippen molar-refractivity contribution >= 4 is 28.7 Å². The maximum absolute atomic E-state index is 13.1. The van der Waals surface area contributed by atoms with E-state index in [1.807, 2.05) is 0 Å². The molecule has 10 heteroatoms. The van der Waals surface area contributed by atoms with Gasteiger partial charge in [-0.2, -0.15) is 4.98 Å². The summed E-state index contributed by atoms with van der Waals surface area (Å²) < 4.78 is 16.2. The number of aryl methyl sites for hydroxylation is 1. The average Bonchev–Trinajstić information content (AvgIpc) is 3.12. The second kappa shape index (κ2) is 8.13. The molecule has 0 bridgehead atoms. The van der Waals surface area contributed by atoms with Gasteiger partial charge in [-0.3, -0.25) is 14.2 Å². The average molecular weight is 400 g/mol. The highest BCUT2D eigenvalue weighted by Gasteiger charge is 2.27. The van der Waals surface area contributed by atoms with Crippen LogP contribution in [0.4, 0.5) is 5.69 Å². The molecule has 3 rings (SSSR count). The second-order valence-corrected chi connectivity index (χ2v) is 6.16. The van der Waals surface area contributed by atoms with Gasteiger partial charge in [0.05, 0.1) is 13.7 Å². The first-order valence-electron chi connectivity index (χ1n) is 8.87. The molecule has 1 N–H and O–H groups in total. The number of esters is 1. The van der Waals surface area contributed by atoms with Crippen LogP contribution in [0.1, 0.15) is 36.2 Å². The summed E-state index contributed by atoms with van der Waals surface area (Å²) in [6, 6.07) is 5.90. The van der Waals surface area contributed by atoms with E-state index in [1.165, 1.54) is 11.7 Å². The van der Waals surface area contributed by atoms with E-state index in [0.29, 0.717) is 11.4 Å². The lowest BCUT2D eigenvalue weighted by Crippen LogP contribution is -2.34. The number of hydrogen-bond acceptors (Lipinski definition) is 8. The number of benzene rings is 1. The van der Waals surface area contributed by atoms with Crippen molar-refractivity contribution in [2.75, 3.05) is 19.0 Å². The minimum absolute atomic E-state index is 0.0905. The Kier molecular flexibility index (Phi) is 5.62. The van der Waals surface area contributed by atoms with Gasteiger partial charge in [-0.1, -0.05) is 11.2 Å². The van der Waals surface area contributed by atoms with Gasteiger partial charge < -0.3 is 19.3 Å². The van der Waals surface area contributed by atoms with Crippen LogP contribution in [0.2, 0.25) is 0 Å². The van der Waals surface area contributed by atoms with E-state index in [-0.39, 0.29) is 29.2 Å². The number of carbonyl (C=O) groups is 2. The maximum atomic E-state index is 13.1. The number of carbonyl (C=O) groups excluding carboxylic acids is 2. The Morgan fingerprint density at radius 2 is 2.10 bits per heavy atom. The molecular weight excluding hydrogens is 380 g/mol. The van der Waals surface area contributed by atoms with Crippen LogP contribution >= 0.6 is 0 Å². The van der Waals surface area contributed by atoms with Gasteiger partial charge in [0.2, 0.25) is 11.6 Å². The van der Waals surface area contributed by atoms with Gasteiger partial charge in [0.25, 0.3) is 11.3 Å². The number of hydrogen-bond donors (Lipinski definition) is 1. The largest absolute Gasteiger partial charge is 0.497 e. The molecule has 0 aliphatic carbocycles. The Labute approximate surface area is 165 Å². The lowest BCUT2D eigenvalue weighted by atomic mass is 10.2. The summed E-state index contributed by atoms with van der Waals surface area (Å²) in [5, 5.41) is 6.21. The predicted molar refractivity (Wildman–Crippen MR) is 103 cm³/mol. The van der Waals surface area contributed by atoms with Crippen LogP contribution in [0, 0.1) is 6.92 Å². The molecule has 0 saturated heterocycles. The molecule has 152 valence electrons. The van der Waals surface area contributed by atoms with Crippen LogP contribution in [0.15, 0.2) is 33.6 Å². The van der Waals surface area contributed by atoms with E-state index in [4.69, 9.17) is 14.0 Å². The minimum Gasteiger partial charge on any atom is -0.497 e. The van der Waals surface area contributed by atoms with E-state index < -0.39 is 23.5 Å². The third-order valence-corrected chi connectivity index (χ3v) is 4.29. The standard InChI is InChI=1S/C19H20N4O6/c1-5-28-19(26)15-14-17(29-22-15)20-11(3)23(18(14)25)10(2)16(24)21-12-7-6-8-13(9-12)27-4/h6-10H,5H2,1-4H3,(H,21,24)/t10-/m1/s1. The molecule has 0 radical (unpaired) electrons. The van der Waals surface area contributed by atoms with Crippen molar-refractivity contribution in [1.29, 1.82) is 0 Å². The molecule has 3 aromatic rings.